The van der Waals surface area contributed by atoms with Crippen LogP contribution in [-0.4, -0.2) is 41.0 Å². The summed E-state index contributed by atoms with van der Waals surface area (Å²) in [5.41, 5.74) is 3.67. The Balaban J connectivity index is 1.61. The first-order chi connectivity index (χ1) is 13.2. The fourth-order valence-corrected chi connectivity index (χ4v) is 3.78. The molecule has 1 N–H and O–H groups in total. The van der Waals surface area contributed by atoms with Crippen LogP contribution in [0.3, 0.4) is 0 Å². The van der Waals surface area contributed by atoms with Crippen LogP contribution in [0.25, 0.3) is 5.57 Å². The summed E-state index contributed by atoms with van der Waals surface area (Å²) < 4.78 is 13.3. The molecule has 1 saturated heterocycles. The molecule has 1 aromatic heterocycles. The average Bonchev–Trinajstić information content (AvgIpc) is 3.10. The number of rotatable bonds is 6. The summed E-state index contributed by atoms with van der Waals surface area (Å²) >= 11 is 5.88. The highest BCUT2D eigenvalue weighted by Crippen LogP contribution is 2.36. The molecule has 142 valence electrons. The Hall–Kier alpha value is -2.31. The minimum Gasteiger partial charge on any atom is -0.505 e. The number of hydrogen-bond acceptors (Lipinski definition) is 5. The molecule has 1 aliphatic heterocycles. The largest absolute Gasteiger partial charge is 0.505 e. The van der Waals surface area contributed by atoms with E-state index in [1.165, 1.54) is 17.2 Å². The monoisotopic (exact) mass is 388 g/mol. The summed E-state index contributed by atoms with van der Waals surface area (Å²) in [6.45, 7) is 1.75. The third kappa shape index (κ3) is 3.47. The molecule has 2 aromatic rings. The molecule has 1 fully saturated rings. The zero-order chi connectivity index (χ0) is 18.8. The molecule has 0 spiro atoms. The predicted molar refractivity (Wildman–Crippen MR) is 101 cm³/mol. The lowest BCUT2D eigenvalue weighted by molar-refractivity contribution is -0.0290. The smallest absolute Gasteiger partial charge is 0.157 e. The van der Waals surface area contributed by atoms with Crippen LogP contribution >= 0.6 is 11.6 Å². The van der Waals surface area contributed by atoms with Gasteiger partial charge in [-0.3, -0.25) is 9.48 Å². The number of phenolic OH excluding ortho intramolecular Hbond substituents is 1. The van der Waals surface area contributed by atoms with Crippen LogP contribution in [0.5, 0.6) is 11.5 Å². The number of hydrogen-bond donors (Lipinski definition) is 1. The Kier molecular flexibility index (Phi) is 5.18. The molecule has 6 nitrogen and oxygen atoms in total. The van der Waals surface area contributed by atoms with Crippen molar-refractivity contribution < 1.29 is 19.4 Å². The molecule has 0 radical (unpaired) electrons. The lowest BCUT2D eigenvalue weighted by Crippen LogP contribution is -2.32. The minimum absolute atomic E-state index is 0.0807. The second-order valence-electron chi connectivity index (χ2n) is 6.86. The highest BCUT2D eigenvalue weighted by molar-refractivity contribution is 6.32. The molecule has 2 aliphatic rings. The molecule has 0 amide bonds. The van der Waals surface area contributed by atoms with Gasteiger partial charge < -0.3 is 14.6 Å². The van der Waals surface area contributed by atoms with Crippen LogP contribution in [0.4, 0.5) is 0 Å². The first-order valence-electron chi connectivity index (χ1n) is 9.11. The van der Waals surface area contributed by atoms with E-state index in [-0.39, 0.29) is 16.3 Å². The lowest BCUT2D eigenvalue weighted by atomic mass is 9.90. The third-order valence-corrected chi connectivity index (χ3v) is 5.48. The van der Waals surface area contributed by atoms with E-state index in [1.54, 1.807) is 6.07 Å². The Bertz CT molecular complexity index is 886. The Morgan fingerprint density at radius 2 is 2.11 bits per heavy atom. The normalized spacial score (nSPS) is 17.7. The van der Waals surface area contributed by atoms with Gasteiger partial charge in [-0.25, -0.2) is 0 Å². The van der Waals surface area contributed by atoms with Gasteiger partial charge in [0, 0.05) is 6.20 Å². The zero-order valence-corrected chi connectivity index (χ0v) is 15.6. The maximum atomic E-state index is 11.3. The van der Waals surface area contributed by atoms with Crippen LogP contribution < -0.4 is 4.74 Å². The van der Waals surface area contributed by atoms with Crippen molar-refractivity contribution in [2.75, 3.05) is 19.8 Å². The standard InChI is InChI=1S/C20H21ClN2O4/c21-17-5-6-19(16(9-24)20(17)25)27-10-13-3-1-2-4-15(13)18-7-8-22-23(18)14-11-26-12-14/h5-9,14,25H,1-4,10-12H2. The molecule has 1 aliphatic carbocycles. The first-order valence-corrected chi connectivity index (χ1v) is 9.48. The van der Waals surface area contributed by atoms with Crippen molar-refractivity contribution in [2.45, 2.75) is 31.7 Å². The number of aromatic hydroxyl groups is 1. The molecule has 0 unspecified atom stereocenters. The summed E-state index contributed by atoms with van der Waals surface area (Å²) in [6, 6.07) is 5.48. The van der Waals surface area contributed by atoms with Gasteiger partial charge in [0.2, 0.25) is 0 Å². The van der Waals surface area contributed by atoms with Crippen LogP contribution in [0.15, 0.2) is 30.0 Å². The molecule has 7 heteroatoms. The van der Waals surface area contributed by atoms with Crippen molar-refractivity contribution in [3.05, 3.63) is 46.2 Å². The van der Waals surface area contributed by atoms with Crippen molar-refractivity contribution in [1.82, 2.24) is 9.78 Å². The van der Waals surface area contributed by atoms with E-state index < -0.39 is 0 Å². The molecule has 27 heavy (non-hydrogen) atoms. The predicted octanol–water partition coefficient (Wildman–Crippen LogP) is 4.03. The summed E-state index contributed by atoms with van der Waals surface area (Å²) in [4.78, 5) is 11.3. The van der Waals surface area contributed by atoms with Gasteiger partial charge in [-0.05, 0) is 55.0 Å². The fraction of sp³-hybridized carbons (Fsp3) is 0.400. The maximum Gasteiger partial charge on any atom is 0.157 e. The van der Waals surface area contributed by atoms with Crippen molar-refractivity contribution >= 4 is 23.5 Å². The number of phenols is 1. The second-order valence-corrected chi connectivity index (χ2v) is 7.26. The lowest BCUT2D eigenvalue weighted by Gasteiger charge is -2.29. The number of nitrogens with zero attached hydrogens (tertiary/aromatic N) is 2. The van der Waals surface area contributed by atoms with E-state index in [4.69, 9.17) is 21.1 Å². The van der Waals surface area contributed by atoms with Gasteiger partial charge in [-0.1, -0.05) is 11.6 Å². The van der Waals surface area contributed by atoms with Crippen LogP contribution in [0, 0.1) is 0 Å². The van der Waals surface area contributed by atoms with E-state index in [1.807, 2.05) is 12.3 Å². The zero-order valence-electron chi connectivity index (χ0n) is 14.9. The maximum absolute atomic E-state index is 11.3. The molecular weight excluding hydrogens is 368 g/mol. The Morgan fingerprint density at radius 3 is 2.85 bits per heavy atom. The van der Waals surface area contributed by atoms with Gasteiger partial charge in [-0.2, -0.15) is 5.10 Å². The molecule has 2 heterocycles. The van der Waals surface area contributed by atoms with Gasteiger partial charge >= 0.3 is 0 Å². The van der Waals surface area contributed by atoms with E-state index in [9.17, 15) is 9.90 Å². The summed E-state index contributed by atoms with van der Waals surface area (Å²) in [6.07, 6.45) is 6.55. The molecular formula is C20H21ClN2O4. The van der Waals surface area contributed by atoms with Crippen molar-refractivity contribution in [2.24, 2.45) is 0 Å². The average molecular weight is 389 g/mol. The van der Waals surface area contributed by atoms with Crippen molar-refractivity contribution in [1.29, 1.82) is 0 Å². The minimum atomic E-state index is -0.245. The highest BCUT2D eigenvalue weighted by atomic mass is 35.5. The van der Waals surface area contributed by atoms with E-state index >= 15 is 0 Å². The second kappa shape index (κ2) is 7.74. The highest BCUT2D eigenvalue weighted by Gasteiger charge is 2.26. The summed E-state index contributed by atoms with van der Waals surface area (Å²) in [5, 5.41) is 14.6. The SMILES string of the molecule is O=Cc1c(OCC2=C(c3ccnn3C3COC3)CCCC2)ccc(Cl)c1O. The number of carbonyl (C=O) groups excluding carboxylic acids is 1. The first kappa shape index (κ1) is 18.1. The Morgan fingerprint density at radius 1 is 1.30 bits per heavy atom. The van der Waals surface area contributed by atoms with Crippen molar-refractivity contribution in [3.63, 3.8) is 0 Å². The van der Waals surface area contributed by atoms with Gasteiger partial charge in [0.25, 0.3) is 0 Å². The number of allylic oxidation sites excluding steroid dienone is 1. The molecule has 1 aromatic carbocycles. The van der Waals surface area contributed by atoms with E-state index in [2.05, 4.69) is 9.78 Å². The van der Waals surface area contributed by atoms with E-state index in [0.717, 1.165) is 31.4 Å². The quantitative estimate of drug-likeness (QED) is 0.756. The van der Waals surface area contributed by atoms with Crippen LogP contribution in [0.2, 0.25) is 5.02 Å². The number of aldehydes is 1. The van der Waals surface area contributed by atoms with Crippen molar-refractivity contribution in [3.8, 4) is 11.5 Å². The van der Waals surface area contributed by atoms with Gasteiger partial charge in [0.15, 0.2) is 6.29 Å². The summed E-state index contributed by atoms with van der Waals surface area (Å²) in [5.74, 6) is 0.0929. The number of ether oxygens (including phenoxy) is 2. The molecule has 0 bridgehead atoms. The summed E-state index contributed by atoms with van der Waals surface area (Å²) in [7, 11) is 0. The topological polar surface area (TPSA) is 73.6 Å². The number of benzene rings is 1. The third-order valence-electron chi connectivity index (χ3n) is 5.18. The van der Waals surface area contributed by atoms with E-state index in [0.29, 0.717) is 37.9 Å². The molecule has 4 rings (SSSR count). The van der Waals surface area contributed by atoms with Crippen LogP contribution in [0.1, 0.15) is 47.8 Å². The fourth-order valence-electron chi connectivity index (χ4n) is 3.61. The van der Waals surface area contributed by atoms with Gasteiger partial charge in [-0.15, -0.1) is 0 Å². The molecule has 0 atom stereocenters. The van der Waals surface area contributed by atoms with Gasteiger partial charge in [0.05, 0.1) is 35.5 Å². The number of aromatic nitrogens is 2. The van der Waals surface area contributed by atoms with Crippen LogP contribution in [-0.2, 0) is 4.74 Å². The number of carbonyl (C=O) groups is 1. The molecule has 0 saturated carbocycles. The van der Waals surface area contributed by atoms with Gasteiger partial charge in [0.1, 0.15) is 18.1 Å². The Labute approximate surface area is 162 Å². The number of halogens is 1.